The number of aromatic nitrogens is 2. The van der Waals surface area contributed by atoms with Crippen molar-refractivity contribution < 1.29 is 8.42 Å². The molecule has 2 aromatic rings. The molecule has 0 fully saturated rings. The first-order chi connectivity index (χ1) is 9.34. The number of sulfone groups is 1. The second kappa shape index (κ2) is 5.41. The van der Waals surface area contributed by atoms with Gasteiger partial charge in [-0.3, -0.25) is 0 Å². The molecule has 0 radical (unpaired) electrons. The molecule has 1 heterocycles. The zero-order chi connectivity index (χ0) is 14.9. The average molecular weight is 296 g/mol. The van der Waals surface area contributed by atoms with Crippen molar-refractivity contribution >= 4 is 26.8 Å². The third-order valence-corrected chi connectivity index (χ3v) is 4.54. The first-order valence-corrected chi connectivity index (χ1v) is 8.37. The minimum atomic E-state index is -3.31. The number of imidazole rings is 1. The lowest BCUT2D eigenvalue weighted by atomic mass is 10.3. The Hall–Kier alpha value is -1.60. The smallest absolute Gasteiger partial charge is 0.201 e. The van der Waals surface area contributed by atoms with Crippen molar-refractivity contribution in [3.63, 3.8) is 0 Å². The van der Waals surface area contributed by atoms with Gasteiger partial charge < -0.3 is 15.2 Å². The van der Waals surface area contributed by atoms with E-state index < -0.39 is 9.84 Å². The van der Waals surface area contributed by atoms with Gasteiger partial charge in [-0.1, -0.05) is 13.0 Å². The molecule has 7 heteroatoms. The predicted octanol–water partition coefficient (Wildman–Crippen LogP) is 0.974. The van der Waals surface area contributed by atoms with Crippen LogP contribution in [0, 0.1) is 0 Å². The van der Waals surface area contributed by atoms with Crippen molar-refractivity contribution in [1.29, 1.82) is 0 Å². The van der Waals surface area contributed by atoms with Gasteiger partial charge in [-0.05, 0) is 25.7 Å². The van der Waals surface area contributed by atoms with E-state index in [1.54, 1.807) is 12.1 Å². The van der Waals surface area contributed by atoms with Crippen LogP contribution < -0.4 is 5.73 Å². The molecule has 0 atom stereocenters. The van der Waals surface area contributed by atoms with Gasteiger partial charge >= 0.3 is 0 Å². The number of benzene rings is 1. The van der Waals surface area contributed by atoms with Crippen LogP contribution in [-0.4, -0.2) is 49.3 Å². The molecule has 20 heavy (non-hydrogen) atoms. The highest BCUT2D eigenvalue weighted by molar-refractivity contribution is 7.91. The Balaban J connectivity index is 2.50. The van der Waals surface area contributed by atoms with E-state index in [0.717, 1.165) is 18.6 Å². The molecule has 0 aliphatic carbocycles. The Morgan fingerprint density at radius 3 is 2.70 bits per heavy atom. The summed E-state index contributed by atoms with van der Waals surface area (Å²) < 4.78 is 25.4. The molecule has 1 aromatic heterocycles. The number of nitrogens with two attached hydrogens (primary N) is 1. The zero-order valence-electron chi connectivity index (χ0n) is 12.0. The zero-order valence-corrected chi connectivity index (χ0v) is 12.8. The van der Waals surface area contributed by atoms with Crippen LogP contribution in [0.25, 0.3) is 11.0 Å². The van der Waals surface area contributed by atoms with Crippen molar-refractivity contribution in [2.24, 2.45) is 0 Å². The Labute approximate surface area is 119 Å². The van der Waals surface area contributed by atoms with Crippen LogP contribution in [0.5, 0.6) is 0 Å². The summed E-state index contributed by atoms with van der Waals surface area (Å²) in [4.78, 5) is 6.61. The second-order valence-corrected chi connectivity index (χ2v) is 6.90. The number of rotatable bonds is 5. The van der Waals surface area contributed by atoms with E-state index >= 15 is 0 Å². The normalized spacial score (nSPS) is 12.4. The lowest BCUT2D eigenvalue weighted by Crippen LogP contribution is -2.23. The quantitative estimate of drug-likeness (QED) is 0.889. The van der Waals surface area contributed by atoms with Gasteiger partial charge in [0.2, 0.25) is 5.95 Å². The number of hydrogen-bond donors (Lipinski definition) is 1. The maximum Gasteiger partial charge on any atom is 0.201 e. The molecule has 0 saturated heterocycles. The molecular weight excluding hydrogens is 276 g/mol. The first kappa shape index (κ1) is 14.8. The van der Waals surface area contributed by atoms with E-state index in [2.05, 4.69) is 16.8 Å². The van der Waals surface area contributed by atoms with Crippen molar-refractivity contribution in [2.75, 3.05) is 32.1 Å². The summed E-state index contributed by atoms with van der Waals surface area (Å²) in [5.41, 5.74) is 7.14. The molecule has 2 N–H and O–H groups in total. The summed E-state index contributed by atoms with van der Waals surface area (Å²) in [5.74, 6) is 0.348. The van der Waals surface area contributed by atoms with Gasteiger partial charge in [-0.25, -0.2) is 13.4 Å². The molecular formula is C13H20N4O2S. The molecule has 2 rings (SSSR count). The van der Waals surface area contributed by atoms with E-state index in [4.69, 9.17) is 5.73 Å². The molecule has 0 aliphatic rings. The van der Waals surface area contributed by atoms with Crippen molar-refractivity contribution in [3.8, 4) is 0 Å². The molecule has 0 unspecified atom stereocenters. The molecule has 0 saturated carbocycles. The maximum absolute atomic E-state index is 11.8. The van der Waals surface area contributed by atoms with Crippen LogP contribution >= 0.6 is 0 Å². The molecule has 0 amide bonds. The van der Waals surface area contributed by atoms with Crippen LogP contribution in [0.2, 0.25) is 0 Å². The van der Waals surface area contributed by atoms with Crippen LogP contribution in [0.1, 0.15) is 6.92 Å². The maximum atomic E-state index is 11.8. The summed E-state index contributed by atoms with van der Waals surface area (Å²) in [6, 6.07) is 5.13. The molecule has 0 bridgehead atoms. The largest absolute Gasteiger partial charge is 0.369 e. The fourth-order valence-corrected chi connectivity index (χ4v) is 2.93. The second-order valence-electron chi connectivity index (χ2n) is 4.91. The number of hydrogen-bond acceptors (Lipinski definition) is 5. The van der Waals surface area contributed by atoms with Gasteiger partial charge in [0, 0.05) is 19.3 Å². The first-order valence-electron chi connectivity index (χ1n) is 6.48. The van der Waals surface area contributed by atoms with Crippen LogP contribution in [0.3, 0.4) is 0 Å². The van der Waals surface area contributed by atoms with Gasteiger partial charge in [0.1, 0.15) is 5.52 Å². The fourth-order valence-electron chi connectivity index (χ4n) is 2.10. The lowest BCUT2D eigenvalue weighted by molar-refractivity contribution is 0.338. The Bertz CT molecular complexity index is 721. The van der Waals surface area contributed by atoms with Crippen molar-refractivity contribution in [2.45, 2.75) is 18.4 Å². The van der Waals surface area contributed by atoms with E-state index in [1.165, 1.54) is 6.26 Å². The topological polar surface area (TPSA) is 81.2 Å². The fraction of sp³-hybridized carbons (Fsp3) is 0.462. The summed E-state index contributed by atoms with van der Waals surface area (Å²) >= 11 is 0. The molecule has 0 aliphatic heterocycles. The Morgan fingerprint density at radius 1 is 1.40 bits per heavy atom. The monoisotopic (exact) mass is 296 g/mol. The summed E-state index contributed by atoms with van der Waals surface area (Å²) in [7, 11) is -1.29. The minimum Gasteiger partial charge on any atom is -0.369 e. The highest BCUT2D eigenvalue weighted by Gasteiger charge is 2.17. The van der Waals surface area contributed by atoms with Crippen LogP contribution in [0.4, 0.5) is 5.95 Å². The molecule has 0 spiro atoms. The lowest BCUT2D eigenvalue weighted by Gasteiger charge is -2.15. The van der Waals surface area contributed by atoms with E-state index in [9.17, 15) is 8.42 Å². The van der Waals surface area contributed by atoms with Crippen molar-refractivity contribution in [1.82, 2.24) is 14.5 Å². The van der Waals surface area contributed by atoms with Gasteiger partial charge in [0.25, 0.3) is 0 Å². The number of fused-ring (bicyclic) bond motifs is 1. The van der Waals surface area contributed by atoms with Crippen LogP contribution in [0.15, 0.2) is 23.1 Å². The van der Waals surface area contributed by atoms with Gasteiger partial charge in [0.05, 0.1) is 10.4 Å². The number of para-hydroxylation sites is 1. The van der Waals surface area contributed by atoms with E-state index in [1.807, 2.05) is 17.7 Å². The van der Waals surface area contributed by atoms with Crippen LogP contribution in [-0.2, 0) is 16.4 Å². The van der Waals surface area contributed by atoms with E-state index in [-0.39, 0.29) is 4.90 Å². The number of nitrogens with zero attached hydrogens (tertiary/aromatic N) is 3. The number of anilines is 1. The summed E-state index contributed by atoms with van der Waals surface area (Å²) in [5, 5.41) is 0. The molecule has 6 nitrogen and oxygen atoms in total. The predicted molar refractivity (Wildman–Crippen MR) is 80.4 cm³/mol. The molecule has 1 aromatic carbocycles. The average Bonchev–Trinajstić information content (AvgIpc) is 2.70. The third kappa shape index (κ3) is 2.78. The van der Waals surface area contributed by atoms with Crippen molar-refractivity contribution in [3.05, 3.63) is 18.2 Å². The van der Waals surface area contributed by atoms with Gasteiger partial charge in [-0.15, -0.1) is 0 Å². The highest BCUT2D eigenvalue weighted by atomic mass is 32.2. The summed E-state index contributed by atoms with van der Waals surface area (Å²) in [6.45, 7) is 4.54. The van der Waals surface area contributed by atoms with Gasteiger partial charge in [-0.2, -0.15) is 0 Å². The molecule has 110 valence electrons. The Kier molecular flexibility index (Phi) is 4.01. The number of nitrogen functional groups attached to an aromatic ring is 1. The SMILES string of the molecule is CCN(C)CCn1c(N)nc2c(S(C)(=O)=O)cccc21. The minimum absolute atomic E-state index is 0.226. The van der Waals surface area contributed by atoms with E-state index in [0.29, 0.717) is 18.0 Å². The van der Waals surface area contributed by atoms with Gasteiger partial charge in [0.15, 0.2) is 9.84 Å². The highest BCUT2D eigenvalue weighted by Crippen LogP contribution is 2.24. The third-order valence-electron chi connectivity index (χ3n) is 3.42. The summed E-state index contributed by atoms with van der Waals surface area (Å²) in [6.07, 6.45) is 1.18. The number of likely N-dealkylation sites (N-methyl/N-ethyl adjacent to an activating group) is 1. The standard InChI is InChI=1S/C13H20N4O2S/c1-4-16(2)8-9-17-10-6-5-7-11(20(3,18)19)12(10)15-13(17)14/h5-7H,4,8-9H2,1-3H3,(H2,14,15). The Morgan fingerprint density at radius 2 is 2.10 bits per heavy atom.